The monoisotopic (exact) mass is 228 g/mol. The first kappa shape index (κ1) is 13.5. The van der Waals surface area contributed by atoms with Crippen molar-refractivity contribution in [2.75, 3.05) is 20.1 Å². The van der Waals surface area contributed by atoms with Gasteiger partial charge in [-0.2, -0.15) is 0 Å². The maximum Gasteiger partial charge on any atom is 0.225 e. The van der Waals surface area contributed by atoms with Gasteiger partial charge in [0.1, 0.15) is 0 Å². The molecule has 16 heavy (non-hydrogen) atoms. The first-order chi connectivity index (χ1) is 7.52. The molecule has 0 spiro atoms. The average molecular weight is 228 g/mol. The summed E-state index contributed by atoms with van der Waals surface area (Å²) >= 11 is 0. The largest absolute Gasteiger partial charge is 0.389 e. The Labute approximate surface area is 97.8 Å². The van der Waals surface area contributed by atoms with Gasteiger partial charge in [-0.3, -0.25) is 4.79 Å². The number of aliphatic hydroxyl groups is 1. The van der Waals surface area contributed by atoms with Crippen molar-refractivity contribution >= 4 is 5.91 Å². The van der Waals surface area contributed by atoms with Crippen LogP contribution in [0.1, 0.15) is 39.0 Å². The highest BCUT2D eigenvalue weighted by atomic mass is 16.3. The van der Waals surface area contributed by atoms with Crippen molar-refractivity contribution in [3.8, 4) is 0 Å². The molecule has 0 radical (unpaired) electrons. The standard InChI is InChI=1S/C12H24N2O2/c1-3-8-14(2)11(15)10-4-6-12(16,9-13)7-5-10/h10,16H,3-9,13H2,1-2H3. The lowest BCUT2D eigenvalue weighted by molar-refractivity contribution is -0.137. The van der Waals surface area contributed by atoms with Crippen LogP contribution in [-0.4, -0.2) is 41.7 Å². The molecule has 1 fully saturated rings. The number of carbonyl (C=O) groups is 1. The molecule has 1 amide bonds. The van der Waals surface area contributed by atoms with Crippen LogP contribution >= 0.6 is 0 Å². The summed E-state index contributed by atoms with van der Waals surface area (Å²) < 4.78 is 0. The number of hydrogen-bond donors (Lipinski definition) is 2. The van der Waals surface area contributed by atoms with E-state index in [1.54, 1.807) is 4.90 Å². The second-order valence-corrected chi connectivity index (χ2v) is 4.96. The minimum absolute atomic E-state index is 0.0865. The Kier molecular flexibility index (Phi) is 4.74. The molecule has 0 atom stereocenters. The fourth-order valence-electron chi connectivity index (χ4n) is 2.36. The third kappa shape index (κ3) is 3.19. The third-order valence-corrected chi connectivity index (χ3v) is 3.58. The van der Waals surface area contributed by atoms with Crippen molar-refractivity contribution in [3.05, 3.63) is 0 Å². The van der Waals surface area contributed by atoms with Gasteiger partial charge in [0, 0.05) is 26.1 Å². The SMILES string of the molecule is CCCN(C)C(=O)C1CCC(O)(CN)CC1. The van der Waals surface area contributed by atoms with Gasteiger partial charge < -0.3 is 15.7 Å². The normalized spacial score (nSPS) is 30.1. The molecule has 0 aliphatic heterocycles. The first-order valence-corrected chi connectivity index (χ1v) is 6.20. The van der Waals surface area contributed by atoms with Crippen molar-refractivity contribution < 1.29 is 9.90 Å². The smallest absolute Gasteiger partial charge is 0.225 e. The number of nitrogens with zero attached hydrogens (tertiary/aromatic N) is 1. The van der Waals surface area contributed by atoms with E-state index in [2.05, 4.69) is 6.92 Å². The van der Waals surface area contributed by atoms with E-state index in [0.717, 1.165) is 25.8 Å². The Hall–Kier alpha value is -0.610. The number of hydrogen-bond acceptors (Lipinski definition) is 3. The Morgan fingerprint density at radius 3 is 2.50 bits per heavy atom. The number of carbonyl (C=O) groups excluding carboxylic acids is 1. The summed E-state index contributed by atoms with van der Waals surface area (Å²) in [6.07, 6.45) is 3.82. The van der Waals surface area contributed by atoms with Crippen LogP contribution in [0.2, 0.25) is 0 Å². The topological polar surface area (TPSA) is 66.6 Å². The van der Waals surface area contributed by atoms with Crippen LogP contribution in [0.5, 0.6) is 0 Å². The zero-order chi connectivity index (χ0) is 12.2. The molecular weight excluding hydrogens is 204 g/mol. The van der Waals surface area contributed by atoms with Gasteiger partial charge in [0.05, 0.1) is 5.60 Å². The van der Waals surface area contributed by atoms with E-state index in [-0.39, 0.29) is 11.8 Å². The molecule has 1 rings (SSSR count). The fourth-order valence-corrected chi connectivity index (χ4v) is 2.36. The first-order valence-electron chi connectivity index (χ1n) is 6.20. The van der Waals surface area contributed by atoms with Crippen molar-refractivity contribution in [3.63, 3.8) is 0 Å². The quantitative estimate of drug-likeness (QED) is 0.745. The van der Waals surface area contributed by atoms with E-state index in [1.807, 2.05) is 7.05 Å². The van der Waals surface area contributed by atoms with Crippen LogP contribution in [0, 0.1) is 5.92 Å². The maximum atomic E-state index is 12.0. The molecule has 0 unspecified atom stereocenters. The third-order valence-electron chi connectivity index (χ3n) is 3.58. The molecule has 0 aromatic heterocycles. The molecule has 0 aromatic carbocycles. The lowest BCUT2D eigenvalue weighted by Gasteiger charge is -2.35. The molecule has 1 aliphatic carbocycles. The molecule has 1 saturated carbocycles. The van der Waals surface area contributed by atoms with E-state index in [4.69, 9.17) is 5.73 Å². The molecule has 1 aliphatic rings. The van der Waals surface area contributed by atoms with Gasteiger partial charge in [0.25, 0.3) is 0 Å². The highest BCUT2D eigenvalue weighted by molar-refractivity contribution is 5.78. The molecular formula is C12H24N2O2. The zero-order valence-corrected chi connectivity index (χ0v) is 10.4. The Morgan fingerprint density at radius 1 is 1.50 bits per heavy atom. The zero-order valence-electron chi connectivity index (χ0n) is 10.4. The van der Waals surface area contributed by atoms with Crippen LogP contribution < -0.4 is 5.73 Å². The predicted octanol–water partition coefficient (Wildman–Crippen LogP) is 0.735. The van der Waals surface area contributed by atoms with Gasteiger partial charge in [-0.25, -0.2) is 0 Å². The minimum Gasteiger partial charge on any atom is -0.389 e. The number of rotatable bonds is 4. The van der Waals surface area contributed by atoms with Gasteiger partial charge in [-0.1, -0.05) is 6.92 Å². The summed E-state index contributed by atoms with van der Waals surface area (Å²) in [4.78, 5) is 13.8. The Bertz CT molecular complexity index is 235. The molecule has 0 bridgehead atoms. The lowest BCUT2D eigenvalue weighted by atomic mass is 9.78. The van der Waals surface area contributed by atoms with E-state index in [0.29, 0.717) is 19.4 Å². The highest BCUT2D eigenvalue weighted by Crippen LogP contribution is 2.32. The minimum atomic E-state index is -0.722. The van der Waals surface area contributed by atoms with Gasteiger partial charge >= 0.3 is 0 Å². The van der Waals surface area contributed by atoms with Gasteiger partial charge in [0.15, 0.2) is 0 Å². The summed E-state index contributed by atoms with van der Waals surface area (Å²) in [5.74, 6) is 0.310. The number of nitrogens with two attached hydrogens (primary N) is 1. The lowest BCUT2D eigenvalue weighted by Crippen LogP contribution is -2.44. The maximum absolute atomic E-state index is 12.0. The summed E-state index contributed by atoms with van der Waals surface area (Å²) in [6.45, 7) is 3.19. The van der Waals surface area contributed by atoms with E-state index >= 15 is 0 Å². The van der Waals surface area contributed by atoms with Crippen LogP contribution in [-0.2, 0) is 4.79 Å². The van der Waals surface area contributed by atoms with Crippen molar-refractivity contribution in [1.29, 1.82) is 0 Å². The second-order valence-electron chi connectivity index (χ2n) is 4.96. The molecule has 4 nitrogen and oxygen atoms in total. The second kappa shape index (κ2) is 5.64. The molecule has 3 N–H and O–H groups in total. The summed E-state index contributed by atoms with van der Waals surface area (Å²) in [7, 11) is 1.86. The molecule has 94 valence electrons. The summed E-state index contributed by atoms with van der Waals surface area (Å²) in [5.41, 5.74) is 4.80. The van der Waals surface area contributed by atoms with E-state index < -0.39 is 5.60 Å². The van der Waals surface area contributed by atoms with Gasteiger partial charge in [-0.15, -0.1) is 0 Å². The Balaban J connectivity index is 2.44. The van der Waals surface area contributed by atoms with Crippen LogP contribution in [0.3, 0.4) is 0 Å². The van der Waals surface area contributed by atoms with Crippen LogP contribution in [0.15, 0.2) is 0 Å². The summed E-state index contributed by atoms with van der Waals surface area (Å²) in [5, 5.41) is 9.97. The summed E-state index contributed by atoms with van der Waals surface area (Å²) in [6, 6.07) is 0. The van der Waals surface area contributed by atoms with Crippen molar-refractivity contribution in [1.82, 2.24) is 4.90 Å². The predicted molar refractivity (Wildman–Crippen MR) is 63.9 cm³/mol. The molecule has 0 aromatic rings. The molecule has 4 heteroatoms. The highest BCUT2D eigenvalue weighted by Gasteiger charge is 2.35. The van der Waals surface area contributed by atoms with Gasteiger partial charge in [-0.05, 0) is 32.1 Å². The van der Waals surface area contributed by atoms with Gasteiger partial charge in [0.2, 0.25) is 5.91 Å². The average Bonchev–Trinajstić information content (AvgIpc) is 2.29. The molecule has 0 saturated heterocycles. The Morgan fingerprint density at radius 2 is 2.06 bits per heavy atom. The van der Waals surface area contributed by atoms with Crippen molar-refractivity contribution in [2.45, 2.75) is 44.6 Å². The molecule has 0 heterocycles. The fraction of sp³-hybridized carbons (Fsp3) is 0.917. The number of amides is 1. The van der Waals surface area contributed by atoms with Crippen LogP contribution in [0.4, 0.5) is 0 Å². The van der Waals surface area contributed by atoms with Crippen molar-refractivity contribution in [2.24, 2.45) is 11.7 Å². The van der Waals surface area contributed by atoms with Crippen LogP contribution in [0.25, 0.3) is 0 Å². The van der Waals surface area contributed by atoms with E-state index in [9.17, 15) is 9.90 Å². The van der Waals surface area contributed by atoms with E-state index in [1.165, 1.54) is 0 Å².